The third-order valence-corrected chi connectivity index (χ3v) is 4.32. The summed E-state index contributed by atoms with van der Waals surface area (Å²) in [4.78, 5) is 14.3. The van der Waals surface area contributed by atoms with Crippen LogP contribution in [0.3, 0.4) is 0 Å². The van der Waals surface area contributed by atoms with Gasteiger partial charge in [-0.15, -0.1) is 0 Å². The highest BCUT2D eigenvalue weighted by molar-refractivity contribution is 5.91. The number of rotatable bonds is 9. The Hall–Kier alpha value is -2.49. The Kier molecular flexibility index (Phi) is 7.33. The topological polar surface area (TPSA) is 44.4 Å². The smallest absolute Gasteiger partial charge is 0.226 e. The lowest BCUT2D eigenvalue weighted by Crippen LogP contribution is -2.21. The second kappa shape index (κ2) is 9.72. The summed E-state index contributed by atoms with van der Waals surface area (Å²) in [6.45, 7) is 9.05. The van der Waals surface area contributed by atoms with Crippen LogP contribution in [0.1, 0.15) is 32.8 Å². The molecule has 0 aliphatic rings. The predicted octanol–water partition coefficient (Wildman–Crippen LogP) is 4.54. The average Bonchev–Trinajstić information content (AvgIpc) is 2.64. The van der Waals surface area contributed by atoms with Crippen LogP contribution in [0.25, 0.3) is 0 Å². The van der Waals surface area contributed by atoms with Crippen molar-refractivity contribution in [2.24, 2.45) is 0 Å². The van der Waals surface area contributed by atoms with Gasteiger partial charge in [-0.05, 0) is 62.2 Å². The standard InChI is InChI=1S/C21H29N3O/c1-4-17-7-9-19(10-8-17)23-21(25)15-16-22-18-11-13-20(14-12-18)24(5-2)6-3/h7-14,22H,4-6,15-16H2,1-3H3,(H,23,25). The highest BCUT2D eigenvalue weighted by Gasteiger charge is 2.04. The van der Waals surface area contributed by atoms with Crippen LogP contribution in [0.2, 0.25) is 0 Å². The largest absolute Gasteiger partial charge is 0.385 e. The third-order valence-electron chi connectivity index (χ3n) is 4.32. The monoisotopic (exact) mass is 339 g/mol. The Labute approximate surface area is 151 Å². The van der Waals surface area contributed by atoms with Gasteiger partial charge in [-0.2, -0.15) is 0 Å². The molecule has 0 heterocycles. The van der Waals surface area contributed by atoms with Gasteiger partial charge in [0.2, 0.25) is 5.91 Å². The fourth-order valence-electron chi connectivity index (χ4n) is 2.75. The van der Waals surface area contributed by atoms with Crippen LogP contribution in [0.15, 0.2) is 48.5 Å². The minimum atomic E-state index is 0.0245. The first kappa shape index (κ1) is 18.8. The van der Waals surface area contributed by atoms with Crippen molar-refractivity contribution < 1.29 is 4.79 Å². The quantitative estimate of drug-likeness (QED) is 0.705. The maximum Gasteiger partial charge on any atom is 0.226 e. The second-order valence-corrected chi connectivity index (χ2v) is 5.99. The van der Waals surface area contributed by atoms with Gasteiger partial charge >= 0.3 is 0 Å². The van der Waals surface area contributed by atoms with E-state index >= 15 is 0 Å². The summed E-state index contributed by atoms with van der Waals surface area (Å²) in [7, 11) is 0. The van der Waals surface area contributed by atoms with Gasteiger partial charge in [-0.25, -0.2) is 0 Å². The Morgan fingerprint density at radius 3 is 2.04 bits per heavy atom. The van der Waals surface area contributed by atoms with E-state index < -0.39 is 0 Å². The molecule has 0 aromatic heterocycles. The maximum atomic E-state index is 12.0. The fraction of sp³-hybridized carbons (Fsp3) is 0.381. The third kappa shape index (κ3) is 5.82. The lowest BCUT2D eigenvalue weighted by Gasteiger charge is -2.21. The average molecular weight is 339 g/mol. The molecule has 2 aromatic rings. The zero-order chi connectivity index (χ0) is 18.1. The van der Waals surface area contributed by atoms with E-state index in [0.29, 0.717) is 13.0 Å². The van der Waals surface area contributed by atoms with Crippen molar-refractivity contribution in [1.82, 2.24) is 0 Å². The van der Waals surface area contributed by atoms with Gasteiger partial charge in [0.1, 0.15) is 0 Å². The van der Waals surface area contributed by atoms with Gasteiger partial charge in [-0.3, -0.25) is 4.79 Å². The van der Waals surface area contributed by atoms with Crippen LogP contribution in [0.4, 0.5) is 17.1 Å². The molecule has 134 valence electrons. The maximum absolute atomic E-state index is 12.0. The molecule has 0 bridgehead atoms. The summed E-state index contributed by atoms with van der Waals surface area (Å²) in [5.74, 6) is 0.0245. The molecule has 0 unspecified atom stereocenters. The number of carbonyl (C=O) groups excluding carboxylic acids is 1. The molecule has 0 aliphatic heterocycles. The number of aryl methyl sites for hydroxylation is 1. The highest BCUT2D eigenvalue weighted by atomic mass is 16.1. The number of benzene rings is 2. The molecule has 0 fully saturated rings. The van der Waals surface area contributed by atoms with Gasteiger partial charge in [0.25, 0.3) is 0 Å². The Balaban J connectivity index is 1.76. The van der Waals surface area contributed by atoms with Crippen molar-refractivity contribution in [2.45, 2.75) is 33.6 Å². The first-order valence-corrected chi connectivity index (χ1v) is 9.13. The molecule has 1 amide bonds. The molecule has 0 saturated heterocycles. The first-order chi connectivity index (χ1) is 12.2. The molecule has 4 heteroatoms. The molecular formula is C21H29N3O. The van der Waals surface area contributed by atoms with Gasteiger partial charge in [0.05, 0.1) is 0 Å². The van der Waals surface area contributed by atoms with Crippen molar-refractivity contribution in [3.05, 3.63) is 54.1 Å². The normalized spacial score (nSPS) is 10.4. The Morgan fingerprint density at radius 1 is 0.880 bits per heavy atom. The van der Waals surface area contributed by atoms with E-state index in [0.717, 1.165) is 30.9 Å². The van der Waals surface area contributed by atoms with Crippen LogP contribution < -0.4 is 15.5 Å². The minimum Gasteiger partial charge on any atom is -0.385 e. The highest BCUT2D eigenvalue weighted by Crippen LogP contribution is 2.17. The van der Waals surface area contributed by atoms with Gasteiger partial charge in [-0.1, -0.05) is 19.1 Å². The van der Waals surface area contributed by atoms with Gasteiger partial charge in [0, 0.05) is 43.1 Å². The number of nitrogens with zero attached hydrogens (tertiary/aromatic N) is 1. The molecule has 0 radical (unpaired) electrons. The number of anilines is 3. The lowest BCUT2D eigenvalue weighted by molar-refractivity contribution is -0.115. The summed E-state index contributed by atoms with van der Waals surface area (Å²) >= 11 is 0. The Morgan fingerprint density at radius 2 is 1.48 bits per heavy atom. The van der Waals surface area contributed by atoms with E-state index in [4.69, 9.17) is 0 Å². The molecule has 0 aliphatic carbocycles. The minimum absolute atomic E-state index is 0.0245. The van der Waals surface area contributed by atoms with E-state index in [-0.39, 0.29) is 5.91 Å². The zero-order valence-corrected chi connectivity index (χ0v) is 15.5. The van der Waals surface area contributed by atoms with Crippen LogP contribution in [0, 0.1) is 0 Å². The SMILES string of the molecule is CCc1ccc(NC(=O)CCNc2ccc(N(CC)CC)cc2)cc1. The summed E-state index contributed by atoms with van der Waals surface area (Å²) < 4.78 is 0. The van der Waals surface area contributed by atoms with Crippen LogP contribution in [-0.2, 0) is 11.2 Å². The van der Waals surface area contributed by atoms with E-state index in [2.05, 4.69) is 60.6 Å². The summed E-state index contributed by atoms with van der Waals surface area (Å²) in [5, 5.41) is 6.24. The summed E-state index contributed by atoms with van der Waals surface area (Å²) in [5.41, 5.74) is 4.39. The van der Waals surface area contributed by atoms with Crippen molar-refractivity contribution in [3.8, 4) is 0 Å². The number of hydrogen-bond donors (Lipinski definition) is 2. The molecule has 25 heavy (non-hydrogen) atoms. The Bertz CT molecular complexity index is 646. The van der Waals surface area contributed by atoms with E-state index in [9.17, 15) is 4.79 Å². The van der Waals surface area contributed by atoms with Crippen molar-refractivity contribution in [1.29, 1.82) is 0 Å². The van der Waals surface area contributed by atoms with Gasteiger partial charge in [0.15, 0.2) is 0 Å². The van der Waals surface area contributed by atoms with E-state index in [1.165, 1.54) is 11.3 Å². The number of carbonyl (C=O) groups is 1. The van der Waals surface area contributed by atoms with Crippen LogP contribution in [0.5, 0.6) is 0 Å². The number of nitrogens with one attached hydrogen (secondary N) is 2. The first-order valence-electron chi connectivity index (χ1n) is 9.13. The molecule has 2 N–H and O–H groups in total. The fourth-order valence-corrected chi connectivity index (χ4v) is 2.75. The van der Waals surface area contributed by atoms with Crippen LogP contribution in [-0.4, -0.2) is 25.5 Å². The molecule has 2 aromatic carbocycles. The van der Waals surface area contributed by atoms with Crippen LogP contribution >= 0.6 is 0 Å². The molecule has 2 rings (SSSR count). The lowest BCUT2D eigenvalue weighted by atomic mass is 10.1. The molecule has 0 saturated carbocycles. The molecule has 0 atom stereocenters. The van der Waals surface area contributed by atoms with Crippen molar-refractivity contribution in [2.75, 3.05) is 35.2 Å². The summed E-state index contributed by atoms with van der Waals surface area (Å²) in [6.07, 6.45) is 1.44. The number of hydrogen-bond acceptors (Lipinski definition) is 3. The number of amides is 1. The van der Waals surface area contributed by atoms with Crippen molar-refractivity contribution in [3.63, 3.8) is 0 Å². The zero-order valence-electron chi connectivity index (χ0n) is 15.5. The molecule has 4 nitrogen and oxygen atoms in total. The predicted molar refractivity (Wildman–Crippen MR) is 108 cm³/mol. The van der Waals surface area contributed by atoms with Crippen molar-refractivity contribution >= 4 is 23.0 Å². The molecule has 0 spiro atoms. The van der Waals surface area contributed by atoms with E-state index in [1.807, 2.05) is 24.3 Å². The van der Waals surface area contributed by atoms with Gasteiger partial charge < -0.3 is 15.5 Å². The van der Waals surface area contributed by atoms with E-state index in [1.54, 1.807) is 0 Å². The second-order valence-electron chi connectivity index (χ2n) is 5.99. The molecular weight excluding hydrogens is 310 g/mol. The summed E-state index contributed by atoms with van der Waals surface area (Å²) in [6, 6.07) is 16.4.